The van der Waals surface area contributed by atoms with Gasteiger partial charge in [-0.1, -0.05) is 24.3 Å². The van der Waals surface area contributed by atoms with Crippen molar-refractivity contribution in [2.24, 2.45) is 5.92 Å². The van der Waals surface area contributed by atoms with Crippen LogP contribution in [0.4, 0.5) is 0 Å². The minimum absolute atomic E-state index is 0.0800. The second kappa shape index (κ2) is 4.57. The molecule has 1 aliphatic heterocycles. The van der Waals surface area contributed by atoms with Crippen LogP contribution in [0.25, 0.3) is 0 Å². The Kier molecular flexibility index (Phi) is 3.13. The first-order valence-corrected chi connectivity index (χ1v) is 5.61. The van der Waals surface area contributed by atoms with Crippen molar-refractivity contribution < 1.29 is 14.7 Å². The van der Waals surface area contributed by atoms with Crippen LogP contribution < -0.4 is 0 Å². The molecule has 0 radical (unpaired) electrons. The highest BCUT2D eigenvalue weighted by Crippen LogP contribution is 2.23. The summed E-state index contributed by atoms with van der Waals surface area (Å²) in [6.45, 7) is 0.561. The number of fused-ring (bicyclic) bond motifs is 1. The molecule has 1 aromatic rings. The predicted octanol–water partition coefficient (Wildman–Crippen LogP) is 1.29. The van der Waals surface area contributed by atoms with E-state index in [4.69, 9.17) is 5.11 Å². The van der Waals surface area contributed by atoms with Crippen molar-refractivity contribution in [1.82, 2.24) is 4.90 Å². The number of carbonyl (C=O) groups is 2. The Labute approximate surface area is 99.9 Å². The van der Waals surface area contributed by atoms with E-state index >= 15 is 0 Å². The van der Waals surface area contributed by atoms with Gasteiger partial charge in [0.25, 0.3) is 0 Å². The van der Waals surface area contributed by atoms with E-state index in [0.29, 0.717) is 13.0 Å². The van der Waals surface area contributed by atoms with Gasteiger partial charge in [0.1, 0.15) is 0 Å². The van der Waals surface area contributed by atoms with E-state index in [1.165, 1.54) is 0 Å². The number of carbonyl (C=O) groups excluding carboxylic acids is 1. The number of hydrogen-bond acceptors (Lipinski definition) is 2. The highest BCUT2D eigenvalue weighted by Gasteiger charge is 2.28. The largest absolute Gasteiger partial charge is 0.481 e. The molecule has 0 aromatic heterocycles. The first kappa shape index (κ1) is 11.6. The molecule has 0 spiro atoms. The molecule has 1 N–H and O–H groups in total. The van der Waals surface area contributed by atoms with E-state index in [2.05, 4.69) is 0 Å². The minimum Gasteiger partial charge on any atom is -0.481 e. The number of carboxylic acid groups (broad SMARTS) is 1. The van der Waals surface area contributed by atoms with Crippen LogP contribution in [0.2, 0.25) is 0 Å². The molecule has 1 amide bonds. The normalized spacial score (nSPS) is 19.7. The Morgan fingerprint density at radius 1 is 1.41 bits per heavy atom. The van der Waals surface area contributed by atoms with Crippen molar-refractivity contribution in [2.75, 3.05) is 7.05 Å². The number of rotatable bonds is 2. The Bertz CT molecular complexity index is 456. The van der Waals surface area contributed by atoms with Gasteiger partial charge < -0.3 is 10.0 Å². The molecule has 0 fully saturated rings. The van der Waals surface area contributed by atoms with Crippen LogP contribution in [-0.4, -0.2) is 28.9 Å². The second-order valence-electron chi connectivity index (χ2n) is 4.46. The molecule has 2 rings (SSSR count). The summed E-state index contributed by atoms with van der Waals surface area (Å²) < 4.78 is 0. The van der Waals surface area contributed by atoms with Gasteiger partial charge in [0.15, 0.2) is 0 Å². The van der Waals surface area contributed by atoms with Crippen LogP contribution in [-0.2, 0) is 22.6 Å². The molecule has 1 unspecified atom stereocenters. The predicted molar refractivity (Wildman–Crippen MR) is 62.4 cm³/mol. The zero-order valence-corrected chi connectivity index (χ0v) is 9.72. The number of amides is 1. The van der Waals surface area contributed by atoms with Gasteiger partial charge >= 0.3 is 5.97 Å². The first-order valence-electron chi connectivity index (χ1n) is 5.61. The summed E-state index contributed by atoms with van der Waals surface area (Å²) in [7, 11) is 1.72. The maximum Gasteiger partial charge on any atom is 0.304 e. The average Bonchev–Trinajstić information content (AvgIpc) is 2.38. The minimum atomic E-state index is -0.920. The highest BCUT2D eigenvalue weighted by molar-refractivity contribution is 5.84. The van der Waals surface area contributed by atoms with Crippen LogP contribution in [0, 0.1) is 5.92 Å². The topological polar surface area (TPSA) is 57.6 Å². The molecular formula is C13H15NO3. The Hall–Kier alpha value is -1.84. The maximum absolute atomic E-state index is 12.0. The molecule has 90 valence electrons. The quantitative estimate of drug-likeness (QED) is 0.837. The van der Waals surface area contributed by atoms with Crippen molar-refractivity contribution in [1.29, 1.82) is 0 Å². The van der Waals surface area contributed by atoms with Gasteiger partial charge in [-0.2, -0.15) is 0 Å². The molecule has 17 heavy (non-hydrogen) atoms. The van der Waals surface area contributed by atoms with Crippen LogP contribution in [0.15, 0.2) is 24.3 Å². The second-order valence-corrected chi connectivity index (χ2v) is 4.46. The standard InChI is InChI=1S/C13H15NO3/c1-14-8-10-5-3-2-4-9(10)6-11(13(14)17)7-12(15)16/h2-5,11H,6-8H2,1H3,(H,15,16). The lowest BCUT2D eigenvalue weighted by Gasteiger charge is -2.18. The molecule has 0 aliphatic carbocycles. The number of hydrogen-bond donors (Lipinski definition) is 1. The third kappa shape index (κ3) is 2.46. The van der Waals surface area contributed by atoms with Crippen molar-refractivity contribution in [2.45, 2.75) is 19.4 Å². The van der Waals surface area contributed by atoms with E-state index in [1.807, 2.05) is 24.3 Å². The number of aliphatic carboxylic acids is 1. The summed E-state index contributed by atoms with van der Waals surface area (Å²) in [5.74, 6) is -1.44. The summed E-state index contributed by atoms with van der Waals surface area (Å²) in [5, 5.41) is 8.84. The summed E-state index contributed by atoms with van der Waals surface area (Å²) in [6.07, 6.45) is 0.420. The smallest absolute Gasteiger partial charge is 0.304 e. The lowest BCUT2D eigenvalue weighted by Crippen LogP contribution is -2.32. The van der Waals surface area contributed by atoms with E-state index < -0.39 is 11.9 Å². The molecule has 0 bridgehead atoms. The van der Waals surface area contributed by atoms with Crippen molar-refractivity contribution >= 4 is 11.9 Å². The zero-order chi connectivity index (χ0) is 12.4. The lowest BCUT2D eigenvalue weighted by molar-refractivity contribution is -0.143. The van der Waals surface area contributed by atoms with E-state index in [-0.39, 0.29) is 12.3 Å². The number of carboxylic acids is 1. The molecule has 1 aromatic carbocycles. The molecular weight excluding hydrogens is 218 g/mol. The zero-order valence-electron chi connectivity index (χ0n) is 9.72. The van der Waals surface area contributed by atoms with Gasteiger partial charge in [-0.3, -0.25) is 9.59 Å². The van der Waals surface area contributed by atoms with E-state index in [9.17, 15) is 9.59 Å². The van der Waals surface area contributed by atoms with Gasteiger partial charge in [0.2, 0.25) is 5.91 Å². The molecule has 1 aliphatic rings. The molecule has 4 nitrogen and oxygen atoms in total. The van der Waals surface area contributed by atoms with Gasteiger partial charge in [0, 0.05) is 13.6 Å². The molecule has 1 atom stereocenters. The Morgan fingerprint density at radius 2 is 2.06 bits per heavy atom. The maximum atomic E-state index is 12.0. The van der Waals surface area contributed by atoms with Gasteiger partial charge in [-0.25, -0.2) is 0 Å². The van der Waals surface area contributed by atoms with Crippen LogP contribution in [0.5, 0.6) is 0 Å². The average molecular weight is 233 g/mol. The monoisotopic (exact) mass is 233 g/mol. The SMILES string of the molecule is CN1Cc2ccccc2CC(CC(=O)O)C1=O. The fraction of sp³-hybridized carbons (Fsp3) is 0.385. The lowest BCUT2D eigenvalue weighted by atomic mass is 9.94. The fourth-order valence-corrected chi connectivity index (χ4v) is 2.28. The van der Waals surface area contributed by atoms with Crippen molar-refractivity contribution in [3.63, 3.8) is 0 Å². The molecule has 4 heteroatoms. The highest BCUT2D eigenvalue weighted by atomic mass is 16.4. The van der Waals surface area contributed by atoms with Gasteiger partial charge in [-0.15, -0.1) is 0 Å². The van der Waals surface area contributed by atoms with E-state index in [0.717, 1.165) is 11.1 Å². The van der Waals surface area contributed by atoms with Crippen LogP contribution >= 0.6 is 0 Å². The number of nitrogens with zero attached hydrogens (tertiary/aromatic N) is 1. The molecule has 1 heterocycles. The molecule has 0 saturated carbocycles. The van der Waals surface area contributed by atoms with Crippen LogP contribution in [0.1, 0.15) is 17.5 Å². The van der Waals surface area contributed by atoms with Crippen LogP contribution in [0.3, 0.4) is 0 Å². The van der Waals surface area contributed by atoms with Crippen molar-refractivity contribution in [3.05, 3.63) is 35.4 Å². The summed E-state index contributed by atoms with van der Waals surface area (Å²) in [4.78, 5) is 24.4. The third-order valence-electron chi connectivity index (χ3n) is 3.14. The summed E-state index contributed by atoms with van der Waals surface area (Å²) in [5.41, 5.74) is 2.19. The first-order chi connectivity index (χ1) is 8.08. The Morgan fingerprint density at radius 3 is 2.71 bits per heavy atom. The van der Waals surface area contributed by atoms with Gasteiger partial charge in [-0.05, 0) is 17.5 Å². The fourth-order valence-electron chi connectivity index (χ4n) is 2.28. The van der Waals surface area contributed by atoms with Crippen molar-refractivity contribution in [3.8, 4) is 0 Å². The third-order valence-corrected chi connectivity index (χ3v) is 3.14. The number of benzene rings is 1. The molecule has 0 saturated heterocycles. The summed E-state index contributed by atoms with van der Waals surface area (Å²) in [6, 6.07) is 7.82. The summed E-state index contributed by atoms with van der Waals surface area (Å²) >= 11 is 0. The van der Waals surface area contributed by atoms with E-state index in [1.54, 1.807) is 11.9 Å². The Balaban J connectivity index is 2.31. The van der Waals surface area contributed by atoms with Gasteiger partial charge in [0.05, 0.1) is 12.3 Å².